The van der Waals surface area contributed by atoms with E-state index in [0.29, 0.717) is 34.8 Å². The number of thioether (sulfide) groups is 1. The molecule has 0 aliphatic carbocycles. The largest absolute Gasteiger partial charge is 0.299 e. The molecule has 2 heterocycles. The normalized spacial score (nSPS) is 18.1. The molecule has 146 valence electrons. The van der Waals surface area contributed by atoms with Gasteiger partial charge in [0, 0.05) is 16.8 Å². The summed E-state index contributed by atoms with van der Waals surface area (Å²) in [5.41, 5.74) is 0. The van der Waals surface area contributed by atoms with Crippen LogP contribution in [0, 0.1) is 0 Å². The van der Waals surface area contributed by atoms with Crippen LogP contribution in [0.15, 0.2) is 33.5 Å². The predicted octanol–water partition coefficient (Wildman–Crippen LogP) is 3.48. The van der Waals surface area contributed by atoms with Crippen molar-refractivity contribution in [2.24, 2.45) is 0 Å². The van der Waals surface area contributed by atoms with Gasteiger partial charge in [0.15, 0.2) is 4.34 Å². The van der Waals surface area contributed by atoms with Crippen LogP contribution in [0.3, 0.4) is 0 Å². The maximum atomic E-state index is 12.9. The molecule has 7 nitrogen and oxygen atoms in total. The highest BCUT2D eigenvalue weighted by atomic mass is 35.5. The van der Waals surface area contributed by atoms with E-state index in [1.54, 1.807) is 11.8 Å². The molecule has 0 radical (unpaired) electrons. The lowest BCUT2D eigenvalue weighted by Gasteiger charge is -2.23. The van der Waals surface area contributed by atoms with Gasteiger partial charge in [0.05, 0.1) is 4.90 Å². The third-order valence-electron chi connectivity index (χ3n) is 3.90. The van der Waals surface area contributed by atoms with E-state index >= 15 is 0 Å². The van der Waals surface area contributed by atoms with Crippen LogP contribution in [-0.2, 0) is 14.8 Å². The van der Waals surface area contributed by atoms with Crippen molar-refractivity contribution in [1.29, 1.82) is 0 Å². The van der Waals surface area contributed by atoms with Gasteiger partial charge in [-0.3, -0.25) is 10.1 Å². The Morgan fingerprint density at radius 3 is 2.70 bits per heavy atom. The van der Waals surface area contributed by atoms with Gasteiger partial charge < -0.3 is 0 Å². The van der Waals surface area contributed by atoms with Gasteiger partial charge in [-0.1, -0.05) is 48.5 Å². The zero-order valence-electron chi connectivity index (χ0n) is 14.8. The number of rotatable bonds is 6. The van der Waals surface area contributed by atoms with E-state index in [1.165, 1.54) is 39.9 Å². The second-order valence-electron chi connectivity index (χ2n) is 6.26. The molecule has 1 N–H and O–H groups in total. The number of sulfonamides is 1. The van der Waals surface area contributed by atoms with Gasteiger partial charge in [0.2, 0.25) is 21.1 Å². The summed E-state index contributed by atoms with van der Waals surface area (Å²) in [7, 11) is -3.78. The zero-order chi connectivity index (χ0) is 19.6. The van der Waals surface area contributed by atoms with Gasteiger partial charge in [-0.25, -0.2) is 8.42 Å². The van der Waals surface area contributed by atoms with E-state index in [0.717, 1.165) is 4.34 Å². The van der Waals surface area contributed by atoms with Crippen LogP contribution >= 0.6 is 34.7 Å². The van der Waals surface area contributed by atoms with Crippen LogP contribution < -0.4 is 5.32 Å². The van der Waals surface area contributed by atoms with Gasteiger partial charge in [-0.2, -0.15) is 4.31 Å². The molecule has 1 aromatic carbocycles. The molecule has 2 aromatic rings. The van der Waals surface area contributed by atoms with Crippen molar-refractivity contribution in [2.75, 3.05) is 11.9 Å². The quantitative estimate of drug-likeness (QED) is 0.539. The molecule has 0 bridgehead atoms. The fourth-order valence-corrected chi connectivity index (χ4v) is 6.49. The average molecular weight is 447 g/mol. The third kappa shape index (κ3) is 4.80. The van der Waals surface area contributed by atoms with Crippen LogP contribution in [0.5, 0.6) is 0 Å². The lowest BCUT2D eigenvalue weighted by Crippen LogP contribution is -2.43. The fourth-order valence-electron chi connectivity index (χ4n) is 2.73. The minimum Gasteiger partial charge on any atom is -0.299 e. The van der Waals surface area contributed by atoms with E-state index < -0.39 is 16.1 Å². The number of carbonyl (C=O) groups excluding carboxylic acids is 1. The number of hydrogen-bond acceptors (Lipinski definition) is 7. The Morgan fingerprint density at radius 2 is 2.04 bits per heavy atom. The van der Waals surface area contributed by atoms with Crippen molar-refractivity contribution in [3.8, 4) is 0 Å². The number of carbonyl (C=O) groups is 1. The summed E-state index contributed by atoms with van der Waals surface area (Å²) in [6.07, 6.45) is 1.08. The number of anilines is 1. The van der Waals surface area contributed by atoms with Crippen LogP contribution in [0.4, 0.5) is 5.13 Å². The highest BCUT2D eigenvalue weighted by molar-refractivity contribution is 8.01. The predicted molar refractivity (Wildman–Crippen MR) is 108 cm³/mol. The standard InChI is InChI=1S/C16H19ClN4O3S3/c1-10(2)25-16-20-19-15(26-16)18-14(22)13-4-3-9-21(13)27(23,24)12-7-5-11(17)6-8-12/h5-8,10,13H,3-4,9H2,1-2H3,(H,18,19,22). The Hall–Kier alpha value is -1.20. The number of amides is 1. The second kappa shape index (κ2) is 8.44. The molecular formula is C16H19ClN4O3S3. The summed E-state index contributed by atoms with van der Waals surface area (Å²) >= 11 is 8.68. The molecule has 1 amide bonds. The maximum absolute atomic E-state index is 12.9. The Bertz CT molecular complexity index is 915. The molecule has 1 fully saturated rings. The van der Waals surface area contributed by atoms with E-state index in [2.05, 4.69) is 15.5 Å². The van der Waals surface area contributed by atoms with Gasteiger partial charge in [-0.15, -0.1) is 10.2 Å². The van der Waals surface area contributed by atoms with Crippen LogP contribution in [0.1, 0.15) is 26.7 Å². The number of benzene rings is 1. The Morgan fingerprint density at radius 1 is 1.33 bits per heavy atom. The van der Waals surface area contributed by atoms with Crippen LogP contribution in [0.2, 0.25) is 5.02 Å². The molecule has 3 rings (SSSR count). The second-order valence-corrected chi connectivity index (χ2v) is 11.4. The van der Waals surface area contributed by atoms with Gasteiger partial charge in [0.1, 0.15) is 6.04 Å². The number of hydrogen-bond donors (Lipinski definition) is 1. The smallest absolute Gasteiger partial charge is 0.244 e. The highest BCUT2D eigenvalue weighted by Gasteiger charge is 2.39. The fraction of sp³-hybridized carbons (Fsp3) is 0.438. The molecule has 1 aliphatic heterocycles. The van der Waals surface area contributed by atoms with E-state index in [9.17, 15) is 13.2 Å². The SMILES string of the molecule is CC(C)Sc1nnc(NC(=O)C2CCCN2S(=O)(=O)c2ccc(Cl)cc2)s1. The summed E-state index contributed by atoms with van der Waals surface area (Å²) in [5.74, 6) is -0.387. The minimum absolute atomic E-state index is 0.123. The zero-order valence-corrected chi connectivity index (χ0v) is 18.0. The number of halogens is 1. The molecule has 27 heavy (non-hydrogen) atoms. The number of nitrogens with one attached hydrogen (secondary N) is 1. The van der Waals surface area contributed by atoms with E-state index in [4.69, 9.17) is 11.6 Å². The first-order valence-electron chi connectivity index (χ1n) is 8.36. The number of nitrogens with zero attached hydrogens (tertiary/aromatic N) is 3. The summed E-state index contributed by atoms with van der Waals surface area (Å²) in [6, 6.07) is 5.18. The highest BCUT2D eigenvalue weighted by Crippen LogP contribution is 2.30. The van der Waals surface area contributed by atoms with Gasteiger partial charge >= 0.3 is 0 Å². The first kappa shape index (κ1) is 20.5. The van der Waals surface area contributed by atoms with Crippen molar-refractivity contribution in [1.82, 2.24) is 14.5 Å². The summed E-state index contributed by atoms with van der Waals surface area (Å²) in [6.45, 7) is 4.39. The molecule has 11 heteroatoms. The number of aromatic nitrogens is 2. The molecule has 0 saturated carbocycles. The van der Waals surface area contributed by atoms with Gasteiger partial charge in [0.25, 0.3) is 0 Å². The summed E-state index contributed by atoms with van der Waals surface area (Å²) in [5, 5.41) is 11.9. The monoisotopic (exact) mass is 446 g/mol. The summed E-state index contributed by atoms with van der Waals surface area (Å²) in [4.78, 5) is 12.8. The molecule has 1 aliphatic rings. The van der Waals surface area contributed by atoms with Crippen molar-refractivity contribution >= 4 is 55.8 Å². The topological polar surface area (TPSA) is 92.3 Å². The molecule has 1 unspecified atom stereocenters. The lowest BCUT2D eigenvalue weighted by atomic mass is 10.2. The Balaban J connectivity index is 1.74. The van der Waals surface area contributed by atoms with E-state index in [-0.39, 0.29) is 10.8 Å². The van der Waals surface area contributed by atoms with Crippen LogP contribution in [0.25, 0.3) is 0 Å². The molecule has 1 aromatic heterocycles. The van der Waals surface area contributed by atoms with Crippen LogP contribution in [-0.4, -0.2) is 46.7 Å². The molecule has 1 saturated heterocycles. The summed E-state index contributed by atoms with van der Waals surface area (Å²) < 4.78 is 27.8. The Labute approximate surface area is 171 Å². The molecule has 1 atom stereocenters. The van der Waals surface area contributed by atoms with Crippen molar-refractivity contribution in [2.45, 2.75) is 47.2 Å². The molecule has 0 spiro atoms. The first-order chi connectivity index (χ1) is 12.8. The van der Waals surface area contributed by atoms with Gasteiger partial charge in [-0.05, 0) is 37.1 Å². The average Bonchev–Trinajstić information content (AvgIpc) is 3.24. The maximum Gasteiger partial charge on any atom is 0.244 e. The minimum atomic E-state index is -3.78. The third-order valence-corrected chi connectivity index (χ3v) is 8.00. The first-order valence-corrected chi connectivity index (χ1v) is 11.9. The molecular weight excluding hydrogens is 428 g/mol. The van der Waals surface area contributed by atoms with Crippen molar-refractivity contribution in [3.63, 3.8) is 0 Å². The van der Waals surface area contributed by atoms with Crippen molar-refractivity contribution in [3.05, 3.63) is 29.3 Å². The Kier molecular flexibility index (Phi) is 6.42. The van der Waals surface area contributed by atoms with Crippen molar-refractivity contribution < 1.29 is 13.2 Å². The lowest BCUT2D eigenvalue weighted by molar-refractivity contribution is -0.119. The van der Waals surface area contributed by atoms with E-state index in [1.807, 2.05) is 13.8 Å².